The molecule has 0 bridgehead atoms. The average molecular weight is 352 g/mol. The summed E-state index contributed by atoms with van der Waals surface area (Å²) >= 11 is 0. The summed E-state index contributed by atoms with van der Waals surface area (Å²) in [6.45, 7) is 5.54. The lowest BCUT2D eigenvalue weighted by Crippen LogP contribution is -2.26. The Kier molecular flexibility index (Phi) is 5.07. The molecule has 0 N–H and O–H groups in total. The number of ether oxygens (including phenoxy) is 2. The predicted octanol–water partition coefficient (Wildman–Crippen LogP) is 4.10. The van der Waals surface area contributed by atoms with Crippen molar-refractivity contribution in [3.8, 4) is 16.9 Å². The fraction of sp³-hybridized carbons (Fsp3) is 0.238. The molecular formula is C21H20O5. The van der Waals surface area contributed by atoms with Crippen LogP contribution < -0.4 is 10.4 Å². The third-order valence-electron chi connectivity index (χ3n) is 4.13. The predicted molar refractivity (Wildman–Crippen MR) is 99.4 cm³/mol. The Balaban J connectivity index is 2.00. The van der Waals surface area contributed by atoms with E-state index in [4.69, 9.17) is 13.9 Å². The van der Waals surface area contributed by atoms with Gasteiger partial charge in [-0.1, -0.05) is 30.3 Å². The van der Waals surface area contributed by atoms with Gasteiger partial charge in [0, 0.05) is 11.5 Å². The van der Waals surface area contributed by atoms with Crippen molar-refractivity contribution in [2.24, 2.45) is 0 Å². The van der Waals surface area contributed by atoms with Gasteiger partial charge in [0.15, 0.2) is 6.10 Å². The normalized spacial score (nSPS) is 12.0. The van der Waals surface area contributed by atoms with Gasteiger partial charge < -0.3 is 13.9 Å². The molecule has 3 aromatic rings. The highest BCUT2D eigenvalue weighted by Crippen LogP contribution is 2.29. The van der Waals surface area contributed by atoms with Gasteiger partial charge >= 0.3 is 11.6 Å². The van der Waals surface area contributed by atoms with Crippen LogP contribution >= 0.6 is 0 Å². The van der Waals surface area contributed by atoms with Crippen LogP contribution in [-0.2, 0) is 9.53 Å². The summed E-state index contributed by atoms with van der Waals surface area (Å²) in [6.07, 6.45) is -0.746. The minimum absolute atomic E-state index is 0.292. The van der Waals surface area contributed by atoms with Crippen LogP contribution in [-0.4, -0.2) is 18.7 Å². The van der Waals surface area contributed by atoms with Crippen LogP contribution in [0.25, 0.3) is 22.1 Å². The zero-order valence-corrected chi connectivity index (χ0v) is 14.9. The largest absolute Gasteiger partial charge is 0.479 e. The van der Waals surface area contributed by atoms with Crippen molar-refractivity contribution in [2.45, 2.75) is 26.9 Å². The average Bonchev–Trinajstić information content (AvgIpc) is 2.62. The zero-order chi connectivity index (χ0) is 18.7. The Morgan fingerprint density at radius 3 is 2.58 bits per heavy atom. The van der Waals surface area contributed by atoms with Gasteiger partial charge in [-0.3, -0.25) is 0 Å². The third kappa shape index (κ3) is 3.47. The molecule has 5 nitrogen and oxygen atoms in total. The van der Waals surface area contributed by atoms with Crippen LogP contribution in [0.5, 0.6) is 5.75 Å². The lowest BCUT2D eigenvalue weighted by atomic mass is 10.00. The summed E-state index contributed by atoms with van der Waals surface area (Å²) in [5, 5.41) is 0.819. The smallest absolute Gasteiger partial charge is 0.347 e. The molecule has 3 rings (SSSR count). The standard InChI is InChI=1S/C21H20O5/c1-4-24-20(22)14(3)25-16-10-11-17-13(2)19(15-8-6-5-7-9-15)21(23)26-18(17)12-16/h5-12,14H,4H2,1-3H3/t14-/m1/s1. The minimum atomic E-state index is -0.746. The van der Waals surface area contributed by atoms with E-state index in [1.807, 2.05) is 43.3 Å². The summed E-state index contributed by atoms with van der Waals surface area (Å²) in [7, 11) is 0. The number of benzene rings is 2. The van der Waals surface area contributed by atoms with Crippen molar-refractivity contribution < 1.29 is 18.7 Å². The quantitative estimate of drug-likeness (QED) is 0.511. The highest BCUT2D eigenvalue weighted by molar-refractivity contribution is 5.87. The number of rotatable bonds is 5. The van der Waals surface area contributed by atoms with Crippen molar-refractivity contribution in [3.63, 3.8) is 0 Å². The number of fused-ring (bicyclic) bond motifs is 1. The molecule has 0 aliphatic heterocycles. The molecule has 26 heavy (non-hydrogen) atoms. The molecule has 1 atom stereocenters. The molecule has 0 aliphatic rings. The van der Waals surface area contributed by atoms with Crippen LogP contribution in [0.1, 0.15) is 19.4 Å². The first-order valence-corrected chi connectivity index (χ1v) is 8.47. The number of aryl methyl sites for hydroxylation is 1. The number of carbonyl (C=O) groups excluding carboxylic acids is 1. The van der Waals surface area contributed by atoms with E-state index >= 15 is 0 Å². The Morgan fingerprint density at radius 1 is 1.15 bits per heavy atom. The van der Waals surface area contributed by atoms with Gasteiger partial charge in [-0.2, -0.15) is 0 Å². The molecule has 134 valence electrons. The molecule has 0 aliphatic carbocycles. The Bertz CT molecular complexity index is 988. The lowest BCUT2D eigenvalue weighted by Gasteiger charge is -2.14. The van der Waals surface area contributed by atoms with E-state index in [2.05, 4.69) is 0 Å². The second kappa shape index (κ2) is 7.44. The highest BCUT2D eigenvalue weighted by atomic mass is 16.6. The zero-order valence-electron chi connectivity index (χ0n) is 14.9. The van der Waals surface area contributed by atoms with Crippen molar-refractivity contribution in [1.82, 2.24) is 0 Å². The van der Waals surface area contributed by atoms with Crippen LogP contribution in [0.2, 0.25) is 0 Å². The molecule has 0 unspecified atom stereocenters. The van der Waals surface area contributed by atoms with Gasteiger partial charge in [-0.05, 0) is 44.0 Å². The summed E-state index contributed by atoms with van der Waals surface area (Å²) in [6, 6.07) is 14.6. The summed E-state index contributed by atoms with van der Waals surface area (Å²) in [5.41, 5.74) is 2.22. The first-order valence-electron chi connectivity index (χ1n) is 8.47. The molecule has 0 radical (unpaired) electrons. The maximum Gasteiger partial charge on any atom is 0.347 e. The van der Waals surface area contributed by atoms with E-state index < -0.39 is 17.7 Å². The second-order valence-corrected chi connectivity index (χ2v) is 5.93. The monoisotopic (exact) mass is 352 g/mol. The van der Waals surface area contributed by atoms with Gasteiger partial charge in [0.1, 0.15) is 11.3 Å². The lowest BCUT2D eigenvalue weighted by molar-refractivity contribution is -0.150. The van der Waals surface area contributed by atoms with Gasteiger partial charge in [0.2, 0.25) is 0 Å². The number of esters is 1. The SMILES string of the molecule is CCOC(=O)[C@@H](C)Oc1ccc2c(C)c(-c3ccccc3)c(=O)oc2c1. The van der Waals surface area contributed by atoms with E-state index in [-0.39, 0.29) is 0 Å². The van der Waals surface area contributed by atoms with E-state index in [0.717, 1.165) is 16.5 Å². The van der Waals surface area contributed by atoms with Crippen molar-refractivity contribution in [3.05, 3.63) is 64.5 Å². The molecule has 0 fully saturated rings. The molecule has 5 heteroatoms. The minimum Gasteiger partial charge on any atom is -0.479 e. The molecular weight excluding hydrogens is 332 g/mol. The van der Waals surface area contributed by atoms with Gasteiger partial charge in [0.25, 0.3) is 0 Å². The first-order chi connectivity index (χ1) is 12.5. The van der Waals surface area contributed by atoms with Crippen molar-refractivity contribution in [1.29, 1.82) is 0 Å². The molecule has 1 heterocycles. The van der Waals surface area contributed by atoms with Gasteiger partial charge in [0.05, 0.1) is 12.2 Å². The molecule has 2 aromatic carbocycles. The van der Waals surface area contributed by atoms with Crippen molar-refractivity contribution >= 4 is 16.9 Å². The van der Waals surface area contributed by atoms with E-state index in [1.165, 1.54) is 0 Å². The van der Waals surface area contributed by atoms with Crippen molar-refractivity contribution in [2.75, 3.05) is 6.61 Å². The molecule has 0 spiro atoms. The molecule has 1 aromatic heterocycles. The van der Waals surface area contributed by atoms with Crippen LogP contribution in [0.3, 0.4) is 0 Å². The molecule has 0 saturated carbocycles. The van der Waals surface area contributed by atoms with Crippen LogP contribution in [0, 0.1) is 6.92 Å². The summed E-state index contributed by atoms with van der Waals surface area (Å²) in [4.78, 5) is 24.2. The Morgan fingerprint density at radius 2 is 1.88 bits per heavy atom. The Hall–Kier alpha value is -3.08. The van der Waals surface area contributed by atoms with E-state index in [9.17, 15) is 9.59 Å². The number of hydrogen-bond acceptors (Lipinski definition) is 5. The molecule has 0 saturated heterocycles. The number of hydrogen-bond donors (Lipinski definition) is 0. The van der Waals surface area contributed by atoms with E-state index in [0.29, 0.717) is 23.5 Å². The number of carbonyl (C=O) groups is 1. The fourth-order valence-corrected chi connectivity index (χ4v) is 2.86. The second-order valence-electron chi connectivity index (χ2n) is 5.93. The van der Waals surface area contributed by atoms with Gasteiger partial charge in [-0.25, -0.2) is 9.59 Å². The fourth-order valence-electron chi connectivity index (χ4n) is 2.86. The highest BCUT2D eigenvalue weighted by Gasteiger charge is 2.17. The third-order valence-corrected chi connectivity index (χ3v) is 4.13. The van der Waals surface area contributed by atoms with Gasteiger partial charge in [-0.15, -0.1) is 0 Å². The topological polar surface area (TPSA) is 65.7 Å². The molecule has 0 amide bonds. The maximum atomic E-state index is 12.5. The van der Waals surface area contributed by atoms with Crippen LogP contribution in [0.4, 0.5) is 0 Å². The summed E-state index contributed by atoms with van der Waals surface area (Å²) in [5.74, 6) is -0.00211. The first kappa shape index (κ1) is 17.7. The van der Waals surface area contributed by atoms with E-state index in [1.54, 1.807) is 26.0 Å². The summed E-state index contributed by atoms with van der Waals surface area (Å²) < 4.78 is 16.0. The Labute approximate surface area is 151 Å². The van der Waals surface area contributed by atoms with Crippen LogP contribution in [0.15, 0.2) is 57.7 Å². The maximum absolute atomic E-state index is 12.5.